The molecule has 0 aromatic heterocycles. The zero-order valence-corrected chi connectivity index (χ0v) is 11.2. The van der Waals surface area contributed by atoms with Crippen molar-refractivity contribution in [1.29, 1.82) is 0 Å². The molecule has 0 aliphatic rings. The van der Waals surface area contributed by atoms with Crippen LogP contribution < -0.4 is 0 Å². The number of nitrogens with zero attached hydrogens (tertiary/aromatic N) is 1. The van der Waals surface area contributed by atoms with Crippen LogP contribution in [0.3, 0.4) is 0 Å². The van der Waals surface area contributed by atoms with Crippen LogP contribution in [0.1, 0.15) is 24.0 Å². The molecule has 0 bridgehead atoms. The SMILES string of the molecule is O=[N+]([O-])c1cccc(/C=C\CCCc2ccccc2)c1. The summed E-state index contributed by atoms with van der Waals surface area (Å²) in [6.07, 6.45) is 7.12. The highest BCUT2D eigenvalue weighted by molar-refractivity contribution is 5.53. The standard InChI is InChI=1S/C17H17NO2/c19-18(20)17-13-7-12-16(14-17)11-6-2-5-10-15-8-3-1-4-9-15/h1,3-4,6-9,11-14H,2,5,10H2/b11-6-. The Balaban J connectivity index is 1.82. The van der Waals surface area contributed by atoms with E-state index >= 15 is 0 Å². The lowest BCUT2D eigenvalue weighted by Crippen LogP contribution is -1.87. The average Bonchev–Trinajstić information content (AvgIpc) is 2.48. The fourth-order valence-electron chi connectivity index (χ4n) is 2.03. The van der Waals surface area contributed by atoms with Crippen molar-refractivity contribution in [3.05, 3.63) is 81.9 Å². The second kappa shape index (κ2) is 7.24. The average molecular weight is 267 g/mol. The Morgan fingerprint density at radius 2 is 1.85 bits per heavy atom. The lowest BCUT2D eigenvalue weighted by molar-refractivity contribution is -0.384. The van der Waals surface area contributed by atoms with Crippen LogP contribution >= 0.6 is 0 Å². The summed E-state index contributed by atoms with van der Waals surface area (Å²) in [5.41, 5.74) is 2.35. The van der Waals surface area contributed by atoms with Gasteiger partial charge in [0.25, 0.3) is 5.69 Å². The van der Waals surface area contributed by atoms with E-state index in [0.29, 0.717) is 0 Å². The van der Waals surface area contributed by atoms with Gasteiger partial charge in [0, 0.05) is 12.1 Å². The first-order valence-electron chi connectivity index (χ1n) is 6.70. The Kier molecular flexibility index (Phi) is 5.07. The number of rotatable bonds is 6. The van der Waals surface area contributed by atoms with E-state index in [1.165, 1.54) is 11.6 Å². The third-order valence-corrected chi connectivity index (χ3v) is 3.07. The minimum atomic E-state index is -0.368. The highest BCUT2D eigenvalue weighted by Crippen LogP contribution is 2.14. The molecule has 2 aromatic rings. The van der Waals surface area contributed by atoms with Crippen molar-refractivity contribution in [3.63, 3.8) is 0 Å². The number of hydrogen-bond donors (Lipinski definition) is 0. The van der Waals surface area contributed by atoms with E-state index in [2.05, 4.69) is 18.2 Å². The van der Waals surface area contributed by atoms with Gasteiger partial charge in [0.2, 0.25) is 0 Å². The molecule has 0 saturated carbocycles. The molecule has 0 spiro atoms. The summed E-state index contributed by atoms with van der Waals surface area (Å²) in [6, 6.07) is 17.1. The van der Waals surface area contributed by atoms with E-state index < -0.39 is 0 Å². The quantitative estimate of drug-likeness (QED) is 0.435. The Labute approximate surface area is 118 Å². The number of benzene rings is 2. The molecule has 102 valence electrons. The summed E-state index contributed by atoms with van der Waals surface area (Å²) in [4.78, 5) is 10.3. The number of hydrogen-bond acceptors (Lipinski definition) is 2. The number of nitro groups is 1. The zero-order valence-electron chi connectivity index (χ0n) is 11.2. The molecule has 0 aliphatic carbocycles. The maximum atomic E-state index is 10.7. The molecule has 0 radical (unpaired) electrons. The Bertz CT molecular complexity index is 591. The molecule has 0 heterocycles. The summed E-state index contributed by atoms with van der Waals surface area (Å²) >= 11 is 0. The van der Waals surface area contributed by atoms with Crippen LogP contribution in [0.4, 0.5) is 5.69 Å². The number of nitro benzene ring substituents is 1. The molecule has 2 rings (SSSR count). The van der Waals surface area contributed by atoms with E-state index in [1.807, 2.05) is 30.3 Å². The molecule has 3 heteroatoms. The first-order valence-corrected chi connectivity index (χ1v) is 6.70. The lowest BCUT2D eigenvalue weighted by Gasteiger charge is -1.98. The number of allylic oxidation sites excluding steroid dienone is 1. The number of aryl methyl sites for hydroxylation is 1. The van der Waals surface area contributed by atoms with E-state index in [-0.39, 0.29) is 10.6 Å². The molecule has 20 heavy (non-hydrogen) atoms. The van der Waals surface area contributed by atoms with Gasteiger partial charge in [-0.15, -0.1) is 0 Å². The maximum Gasteiger partial charge on any atom is 0.270 e. The van der Waals surface area contributed by atoms with Crippen molar-refractivity contribution in [1.82, 2.24) is 0 Å². The first kappa shape index (κ1) is 14.0. The first-order chi connectivity index (χ1) is 9.75. The molecule has 0 unspecified atom stereocenters. The predicted molar refractivity (Wildman–Crippen MR) is 81.5 cm³/mol. The summed E-state index contributed by atoms with van der Waals surface area (Å²) in [7, 11) is 0. The van der Waals surface area contributed by atoms with Crippen molar-refractivity contribution in [3.8, 4) is 0 Å². The van der Waals surface area contributed by atoms with Crippen molar-refractivity contribution < 1.29 is 4.92 Å². The summed E-state index contributed by atoms with van der Waals surface area (Å²) < 4.78 is 0. The van der Waals surface area contributed by atoms with E-state index in [9.17, 15) is 10.1 Å². The van der Waals surface area contributed by atoms with E-state index in [1.54, 1.807) is 12.1 Å². The minimum Gasteiger partial charge on any atom is -0.258 e. The van der Waals surface area contributed by atoms with Crippen LogP contribution in [0.25, 0.3) is 6.08 Å². The van der Waals surface area contributed by atoms with E-state index in [4.69, 9.17) is 0 Å². The van der Waals surface area contributed by atoms with Gasteiger partial charge in [-0.1, -0.05) is 54.6 Å². The molecule has 0 amide bonds. The lowest BCUT2D eigenvalue weighted by atomic mass is 10.1. The maximum absolute atomic E-state index is 10.7. The van der Waals surface area contributed by atoms with Gasteiger partial charge in [-0.3, -0.25) is 10.1 Å². The highest BCUT2D eigenvalue weighted by Gasteiger charge is 2.03. The third-order valence-electron chi connectivity index (χ3n) is 3.07. The highest BCUT2D eigenvalue weighted by atomic mass is 16.6. The molecule has 3 nitrogen and oxygen atoms in total. The van der Waals surface area contributed by atoms with Gasteiger partial charge in [0.15, 0.2) is 0 Å². The Hall–Kier alpha value is -2.42. The summed E-state index contributed by atoms with van der Waals surface area (Å²) in [5.74, 6) is 0. The fraction of sp³-hybridized carbons (Fsp3) is 0.176. The molecule has 0 aliphatic heterocycles. The van der Waals surface area contributed by atoms with Gasteiger partial charge >= 0.3 is 0 Å². The Morgan fingerprint density at radius 3 is 2.60 bits per heavy atom. The topological polar surface area (TPSA) is 43.1 Å². The largest absolute Gasteiger partial charge is 0.270 e. The van der Waals surface area contributed by atoms with Gasteiger partial charge in [-0.2, -0.15) is 0 Å². The van der Waals surface area contributed by atoms with Crippen LogP contribution in [-0.2, 0) is 6.42 Å². The van der Waals surface area contributed by atoms with Gasteiger partial charge in [0.05, 0.1) is 4.92 Å². The van der Waals surface area contributed by atoms with Crippen molar-refractivity contribution >= 4 is 11.8 Å². The van der Waals surface area contributed by atoms with E-state index in [0.717, 1.165) is 24.8 Å². The van der Waals surface area contributed by atoms with Gasteiger partial charge in [-0.05, 0) is 30.4 Å². The van der Waals surface area contributed by atoms with Gasteiger partial charge in [0.1, 0.15) is 0 Å². The molecule has 2 aromatic carbocycles. The third kappa shape index (κ3) is 4.35. The van der Waals surface area contributed by atoms with Gasteiger partial charge in [-0.25, -0.2) is 0 Å². The number of unbranched alkanes of at least 4 members (excludes halogenated alkanes) is 1. The second-order valence-corrected chi connectivity index (χ2v) is 4.63. The minimum absolute atomic E-state index is 0.136. The molecular weight excluding hydrogens is 250 g/mol. The monoisotopic (exact) mass is 267 g/mol. The fourth-order valence-corrected chi connectivity index (χ4v) is 2.03. The van der Waals surface area contributed by atoms with Crippen LogP contribution in [0, 0.1) is 10.1 Å². The molecule has 0 N–H and O–H groups in total. The van der Waals surface area contributed by atoms with Gasteiger partial charge < -0.3 is 0 Å². The summed E-state index contributed by atoms with van der Waals surface area (Å²) in [6.45, 7) is 0. The van der Waals surface area contributed by atoms with Crippen LogP contribution in [-0.4, -0.2) is 4.92 Å². The van der Waals surface area contributed by atoms with Crippen molar-refractivity contribution in [2.24, 2.45) is 0 Å². The molecular formula is C17H17NO2. The van der Waals surface area contributed by atoms with Crippen LogP contribution in [0.5, 0.6) is 0 Å². The smallest absolute Gasteiger partial charge is 0.258 e. The zero-order chi connectivity index (χ0) is 14.2. The molecule has 0 fully saturated rings. The Morgan fingerprint density at radius 1 is 1.05 bits per heavy atom. The van der Waals surface area contributed by atoms with Crippen molar-refractivity contribution in [2.75, 3.05) is 0 Å². The summed E-state index contributed by atoms with van der Waals surface area (Å²) in [5, 5.41) is 10.7. The molecule has 0 atom stereocenters. The van der Waals surface area contributed by atoms with Crippen molar-refractivity contribution in [2.45, 2.75) is 19.3 Å². The predicted octanol–water partition coefficient (Wildman–Crippen LogP) is 4.63. The van der Waals surface area contributed by atoms with Crippen LogP contribution in [0.2, 0.25) is 0 Å². The number of non-ortho nitro benzene ring substituents is 1. The van der Waals surface area contributed by atoms with Crippen LogP contribution in [0.15, 0.2) is 60.7 Å². The molecule has 0 saturated heterocycles. The second-order valence-electron chi connectivity index (χ2n) is 4.63. The normalized spacial score (nSPS) is 10.8.